The Morgan fingerprint density at radius 2 is 1.84 bits per heavy atom. The highest BCUT2D eigenvalue weighted by molar-refractivity contribution is 7.23. The first-order valence-corrected chi connectivity index (χ1v) is 11.0. The number of carbonyl (C=O) groups excluding carboxylic acids is 1. The van der Waals surface area contributed by atoms with Crippen molar-refractivity contribution in [2.45, 2.75) is 13.5 Å². The number of hydrogen-bond donors (Lipinski definition) is 0. The van der Waals surface area contributed by atoms with Crippen molar-refractivity contribution < 1.29 is 9.72 Å². The number of amides is 1. The van der Waals surface area contributed by atoms with Crippen LogP contribution < -0.4 is 4.90 Å². The Balaban J connectivity index is 1.67. The van der Waals surface area contributed by atoms with E-state index in [-0.39, 0.29) is 11.6 Å². The quantitative estimate of drug-likeness (QED) is 0.188. The molecule has 0 atom stereocenters. The third kappa shape index (κ3) is 4.69. The Hall–Kier alpha value is -3.55. The summed E-state index contributed by atoms with van der Waals surface area (Å²) in [6, 6.07) is 19.4. The van der Waals surface area contributed by atoms with E-state index in [0.29, 0.717) is 22.3 Å². The molecule has 0 saturated carbocycles. The number of nitrogens with zero attached hydrogens (tertiary/aromatic N) is 3. The Labute approximate surface area is 193 Å². The van der Waals surface area contributed by atoms with Crippen molar-refractivity contribution >= 4 is 56.0 Å². The fraction of sp³-hybridized carbons (Fsp3) is 0.0833. The smallest absolute Gasteiger partial charge is 0.269 e. The van der Waals surface area contributed by atoms with Gasteiger partial charge in [-0.15, -0.1) is 0 Å². The number of non-ortho nitro benzene ring substituents is 1. The molecule has 0 spiro atoms. The maximum atomic E-state index is 13.2. The Morgan fingerprint density at radius 1 is 1.12 bits per heavy atom. The Kier molecular flexibility index (Phi) is 6.30. The third-order valence-corrected chi connectivity index (χ3v) is 6.43. The molecule has 1 heterocycles. The number of thiazole rings is 1. The monoisotopic (exact) mass is 463 g/mol. The maximum absolute atomic E-state index is 13.2. The summed E-state index contributed by atoms with van der Waals surface area (Å²) in [5.74, 6) is -0.250. The number of hydrogen-bond acceptors (Lipinski definition) is 5. The summed E-state index contributed by atoms with van der Waals surface area (Å²) in [5, 5.41) is 12.0. The lowest BCUT2D eigenvalue weighted by molar-refractivity contribution is -0.384. The summed E-state index contributed by atoms with van der Waals surface area (Å²) in [7, 11) is 0. The molecule has 0 unspecified atom stereocenters. The number of aromatic nitrogens is 1. The standard InChI is InChI=1S/C24H18ClN3O3S/c1-16-7-13-20(25)23-22(16)26-24(32-23)27(15-18-5-3-2-4-6-18)21(29)14-10-17-8-11-19(12-9-17)28(30)31/h2-14H,15H2,1H3/b14-10+. The van der Waals surface area contributed by atoms with E-state index in [1.165, 1.54) is 29.5 Å². The number of benzene rings is 3. The van der Waals surface area contributed by atoms with E-state index in [1.54, 1.807) is 23.1 Å². The molecule has 1 amide bonds. The molecule has 1 aromatic heterocycles. The van der Waals surface area contributed by atoms with Crippen LogP contribution in [0.4, 0.5) is 10.8 Å². The SMILES string of the molecule is Cc1ccc(Cl)c2sc(N(Cc3ccccc3)C(=O)/C=C/c3ccc([N+](=O)[O-])cc3)nc12. The molecule has 0 radical (unpaired) electrons. The van der Waals surface area contributed by atoms with E-state index < -0.39 is 4.92 Å². The summed E-state index contributed by atoms with van der Waals surface area (Å²) >= 11 is 7.74. The van der Waals surface area contributed by atoms with Gasteiger partial charge in [0.05, 0.1) is 26.7 Å². The lowest BCUT2D eigenvalue weighted by Gasteiger charge is -2.18. The molecule has 0 N–H and O–H groups in total. The topological polar surface area (TPSA) is 76.3 Å². The van der Waals surface area contributed by atoms with Crippen LogP contribution in [-0.2, 0) is 11.3 Å². The van der Waals surface area contributed by atoms with Crippen LogP contribution >= 0.6 is 22.9 Å². The molecule has 0 aliphatic rings. The number of nitro groups is 1. The van der Waals surface area contributed by atoms with Crippen LogP contribution in [-0.4, -0.2) is 15.8 Å². The molecule has 0 aliphatic carbocycles. The molecular formula is C24H18ClN3O3S. The second kappa shape index (κ2) is 9.30. The van der Waals surface area contributed by atoms with Crippen molar-refractivity contribution in [2.24, 2.45) is 0 Å². The predicted octanol–water partition coefficient (Wildman–Crippen LogP) is 6.41. The summed E-state index contributed by atoms with van der Waals surface area (Å²) in [5.41, 5.74) is 3.42. The highest BCUT2D eigenvalue weighted by atomic mass is 35.5. The van der Waals surface area contributed by atoms with Crippen molar-refractivity contribution in [2.75, 3.05) is 4.90 Å². The molecular weight excluding hydrogens is 446 g/mol. The minimum Gasteiger partial charge on any atom is -0.280 e. The molecule has 3 aromatic carbocycles. The van der Waals surface area contributed by atoms with E-state index in [1.807, 2.05) is 49.4 Å². The maximum Gasteiger partial charge on any atom is 0.269 e. The molecule has 6 nitrogen and oxygen atoms in total. The molecule has 4 aromatic rings. The van der Waals surface area contributed by atoms with Gasteiger partial charge in [0.25, 0.3) is 11.6 Å². The Bertz CT molecular complexity index is 1280. The highest BCUT2D eigenvalue weighted by Crippen LogP contribution is 2.36. The number of rotatable bonds is 6. The van der Waals surface area contributed by atoms with Crippen molar-refractivity contribution in [1.29, 1.82) is 0 Å². The van der Waals surface area contributed by atoms with Gasteiger partial charge >= 0.3 is 0 Å². The zero-order valence-electron chi connectivity index (χ0n) is 17.1. The van der Waals surface area contributed by atoms with Crippen molar-refractivity contribution in [3.63, 3.8) is 0 Å². The van der Waals surface area contributed by atoms with Gasteiger partial charge in [0.2, 0.25) is 0 Å². The van der Waals surface area contributed by atoms with Crippen molar-refractivity contribution in [1.82, 2.24) is 4.98 Å². The lowest BCUT2D eigenvalue weighted by Crippen LogP contribution is -2.28. The summed E-state index contributed by atoms with van der Waals surface area (Å²) in [6.07, 6.45) is 3.08. The van der Waals surface area contributed by atoms with Crippen LogP contribution in [0.1, 0.15) is 16.7 Å². The van der Waals surface area contributed by atoms with E-state index in [2.05, 4.69) is 0 Å². The van der Waals surface area contributed by atoms with Gasteiger partial charge in [0.15, 0.2) is 5.13 Å². The molecule has 0 fully saturated rings. The summed E-state index contributed by atoms with van der Waals surface area (Å²) in [4.78, 5) is 29.9. The van der Waals surface area contributed by atoms with Gasteiger partial charge < -0.3 is 0 Å². The average molecular weight is 464 g/mol. The van der Waals surface area contributed by atoms with Gasteiger partial charge in [-0.1, -0.05) is 59.3 Å². The lowest BCUT2D eigenvalue weighted by atomic mass is 10.2. The van der Waals surface area contributed by atoms with Gasteiger partial charge in [-0.05, 0) is 47.9 Å². The first kappa shape index (κ1) is 21.7. The van der Waals surface area contributed by atoms with Crippen LogP contribution in [0.5, 0.6) is 0 Å². The van der Waals surface area contributed by atoms with Crippen LogP contribution in [0, 0.1) is 17.0 Å². The summed E-state index contributed by atoms with van der Waals surface area (Å²) in [6.45, 7) is 2.31. The fourth-order valence-corrected chi connectivity index (χ4v) is 4.50. The minimum atomic E-state index is -0.458. The highest BCUT2D eigenvalue weighted by Gasteiger charge is 2.20. The number of aryl methyl sites for hydroxylation is 1. The van der Waals surface area contributed by atoms with E-state index in [0.717, 1.165) is 21.3 Å². The van der Waals surface area contributed by atoms with Gasteiger partial charge in [-0.3, -0.25) is 19.8 Å². The van der Waals surface area contributed by atoms with Crippen molar-refractivity contribution in [3.8, 4) is 0 Å². The van der Waals surface area contributed by atoms with Gasteiger partial charge in [-0.25, -0.2) is 4.98 Å². The van der Waals surface area contributed by atoms with Crippen LogP contribution in [0.15, 0.2) is 72.8 Å². The van der Waals surface area contributed by atoms with Gasteiger partial charge in [0.1, 0.15) is 0 Å². The van der Waals surface area contributed by atoms with Gasteiger partial charge in [0, 0.05) is 18.2 Å². The fourth-order valence-electron chi connectivity index (χ4n) is 3.18. The molecule has 8 heteroatoms. The predicted molar refractivity (Wildman–Crippen MR) is 129 cm³/mol. The molecule has 160 valence electrons. The zero-order chi connectivity index (χ0) is 22.7. The molecule has 0 saturated heterocycles. The van der Waals surface area contributed by atoms with E-state index >= 15 is 0 Å². The Morgan fingerprint density at radius 3 is 2.50 bits per heavy atom. The molecule has 0 aliphatic heterocycles. The number of nitro benzene ring substituents is 1. The zero-order valence-corrected chi connectivity index (χ0v) is 18.6. The molecule has 0 bridgehead atoms. The van der Waals surface area contributed by atoms with Crippen LogP contribution in [0.2, 0.25) is 5.02 Å². The first-order valence-electron chi connectivity index (χ1n) is 9.76. The third-order valence-electron chi connectivity index (χ3n) is 4.89. The second-order valence-electron chi connectivity index (χ2n) is 7.13. The first-order chi connectivity index (χ1) is 15.4. The summed E-state index contributed by atoms with van der Waals surface area (Å²) < 4.78 is 0.840. The second-order valence-corrected chi connectivity index (χ2v) is 8.52. The largest absolute Gasteiger partial charge is 0.280 e. The number of halogens is 1. The minimum absolute atomic E-state index is 0.000838. The molecule has 32 heavy (non-hydrogen) atoms. The van der Waals surface area contributed by atoms with Crippen molar-refractivity contribution in [3.05, 3.63) is 105 Å². The van der Waals surface area contributed by atoms with Crippen LogP contribution in [0.3, 0.4) is 0 Å². The van der Waals surface area contributed by atoms with Gasteiger partial charge in [-0.2, -0.15) is 0 Å². The number of anilines is 1. The van der Waals surface area contributed by atoms with E-state index in [4.69, 9.17) is 16.6 Å². The number of carbonyl (C=O) groups is 1. The van der Waals surface area contributed by atoms with E-state index in [9.17, 15) is 14.9 Å². The normalized spacial score (nSPS) is 11.2. The van der Waals surface area contributed by atoms with Crippen LogP contribution in [0.25, 0.3) is 16.3 Å². The average Bonchev–Trinajstić information content (AvgIpc) is 3.26. The number of fused-ring (bicyclic) bond motifs is 1. The molecule has 4 rings (SSSR count).